The van der Waals surface area contributed by atoms with E-state index in [4.69, 9.17) is 27.9 Å². The van der Waals surface area contributed by atoms with Gasteiger partial charge in [-0.2, -0.15) is 0 Å². The molecule has 126 valence electrons. The molecule has 3 amide bonds. The van der Waals surface area contributed by atoms with E-state index in [-0.39, 0.29) is 12.5 Å². The van der Waals surface area contributed by atoms with Gasteiger partial charge in [0.05, 0.1) is 6.42 Å². The topological polar surface area (TPSA) is 84.5 Å². The molecule has 0 radical (unpaired) electrons. The molecule has 8 heteroatoms. The summed E-state index contributed by atoms with van der Waals surface area (Å²) >= 11 is 11.7. The molecule has 1 aromatic rings. The van der Waals surface area contributed by atoms with E-state index < -0.39 is 24.5 Å². The molecule has 1 aromatic carbocycles. The molecular formula is C15H18Cl2N2O4. The first-order valence-corrected chi connectivity index (χ1v) is 7.77. The molecule has 0 spiro atoms. The summed E-state index contributed by atoms with van der Waals surface area (Å²) in [5.74, 6) is -1.34. The van der Waals surface area contributed by atoms with Gasteiger partial charge < -0.3 is 10.1 Å². The lowest BCUT2D eigenvalue weighted by Gasteiger charge is -2.12. The molecule has 0 aliphatic heterocycles. The Morgan fingerprint density at radius 2 is 1.96 bits per heavy atom. The van der Waals surface area contributed by atoms with Crippen molar-refractivity contribution in [1.29, 1.82) is 0 Å². The van der Waals surface area contributed by atoms with Crippen LogP contribution in [-0.4, -0.2) is 30.6 Å². The van der Waals surface area contributed by atoms with Crippen molar-refractivity contribution in [2.45, 2.75) is 32.7 Å². The number of rotatable bonds is 6. The van der Waals surface area contributed by atoms with Gasteiger partial charge in [-0.3, -0.25) is 14.9 Å². The van der Waals surface area contributed by atoms with Crippen molar-refractivity contribution in [2.75, 3.05) is 6.61 Å². The Kier molecular flexibility index (Phi) is 7.85. The van der Waals surface area contributed by atoms with Crippen molar-refractivity contribution in [3.05, 3.63) is 33.8 Å². The van der Waals surface area contributed by atoms with Crippen LogP contribution in [0.15, 0.2) is 18.2 Å². The second-order valence-corrected chi connectivity index (χ2v) is 5.75. The molecule has 0 aromatic heterocycles. The van der Waals surface area contributed by atoms with Crippen LogP contribution in [-0.2, 0) is 20.7 Å². The minimum atomic E-state index is -0.707. The van der Waals surface area contributed by atoms with Crippen molar-refractivity contribution in [2.24, 2.45) is 0 Å². The predicted molar refractivity (Wildman–Crippen MR) is 87.6 cm³/mol. The van der Waals surface area contributed by atoms with Crippen LogP contribution in [0, 0.1) is 0 Å². The van der Waals surface area contributed by atoms with Crippen LogP contribution in [0.2, 0.25) is 10.0 Å². The molecule has 6 nitrogen and oxygen atoms in total. The highest BCUT2D eigenvalue weighted by Crippen LogP contribution is 2.21. The number of urea groups is 1. The first-order valence-electron chi connectivity index (χ1n) is 7.01. The van der Waals surface area contributed by atoms with Gasteiger partial charge in [0.2, 0.25) is 0 Å². The summed E-state index contributed by atoms with van der Waals surface area (Å²) < 4.78 is 4.80. The number of ether oxygens (including phenoxy) is 1. The van der Waals surface area contributed by atoms with Crippen molar-refractivity contribution >= 4 is 41.1 Å². The van der Waals surface area contributed by atoms with Crippen LogP contribution >= 0.6 is 23.2 Å². The highest BCUT2D eigenvalue weighted by atomic mass is 35.5. The lowest BCUT2D eigenvalue weighted by atomic mass is 10.1. The number of benzene rings is 1. The van der Waals surface area contributed by atoms with Gasteiger partial charge in [-0.1, -0.05) is 36.2 Å². The Hall–Kier alpha value is -1.79. The number of hydrogen-bond acceptors (Lipinski definition) is 4. The van der Waals surface area contributed by atoms with Crippen molar-refractivity contribution in [1.82, 2.24) is 10.6 Å². The zero-order chi connectivity index (χ0) is 17.4. The van der Waals surface area contributed by atoms with Gasteiger partial charge in [-0.15, -0.1) is 0 Å². The SMILES string of the molecule is CC[C@H](C)NC(=O)NC(=O)COC(=O)Cc1ccc(Cl)cc1Cl. The summed E-state index contributed by atoms with van der Waals surface area (Å²) in [6.45, 7) is 3.16. The molecule has 1 atom stereocenters. The van der Waals surface area contributed by atoms with E-state index in [0.29, 0.717) is 15.6 Å². The van der Waals surface area contributed by atoms with Crippen LogP contribution < -0.4 is 10.6 Å². The van der Waals surface area contributed by atoms with E-state index in [1.165, 1.54) is 6.07 Å². The molecular weight excluding hydrogens is 343 g/mol. The average Bonchev–Trinajstić information content (AvgIpc) is 2.47. The lowest BCUT2D eigenvalue weighted by molar-refractivity contribution is -0.147. The third-order valence-corrected chi connectivity index (χ3v) is 3.54. The van der Waals surface area contributed by atoms with Crippen LogP contribution in [0.25, 0.3) is 0 Å². The first kappa shape index (κ1) is 19.3. The smallest absolute Gasteiger partial charge is 0.321 e. The number of imide groups is 1. The summed E-state index contributed by atoms with van der Waals surface area (Å²) in [5, 5.41) is 5.43. The van der Waals surface area contributed by atoms with Crippen LogP contribution in [0.3, 0.4) is 0 Å². The summed E-state index contributed by atoms with van der Waals surface area (Å²) in [4.78, 5) is 34.6. The predicted octanol–water partition coefficient (Wildman–Crippen LogP) is 2.70. The summed E-state index contributed by atoms with van der Waals surface area (Å²) in [7, 11) is 0. The third kappa shape index (κ3) is 7.34. The van der Waals surface area contributed by atoms with E-state index in [9.17, 15) is 14.4 Å². The van der Waals surface area contributed by atoms with E-state index >= 15 is 0 Å². The first-order chi connectivity index (χ1) is 10.8. The van der Waals surface area contributed by atoms with Gasteiger partial charge >= 0.3 is 12.0 Å². The minimum Gasteiger partial charge on any atom is -0.455 e. The highest BCUT2D eigenvalue weighted by molar-refractivity contribution is 6.35. The van der Waals surface area contributed by atoms with Crippen LogP contribution in [0.5, 0.6) is 0 Å². The highest BCUT2D eigenvalue weighted by Gasteiger charge is 2.13. The number of nitrogens with one attached hydrogen (secondary N) is 2. The fraction of sp³-hybridized carbons (Fsp3) is 0.400. The molecule has 0 bridgehead atoms. The number of esters is 1. The van der Waals surface area contributed by atoms with Crippen molar-refractivity contribution < 1.29 is 19.1 Å². The molecule has 0 saturated carbocycles. The average molecular weight is 361 g/mol. The maximum atomic E-state index is 11.7. The quantitative estimate of drug-likeness (QED) is 0.763. The molecule has 1 rings (SSSR count). The Morgan fingerprint density at radius 3 is 2.57 bits per heavy atom. The van der Waals surface area contributed by atoms with Crippen molar-refractivity contribution in [3.63, 3.8) is 0 Å². The normalized spacial score (nSPS) is 11.5. The Labute approximate surface area is 144 Å². The second-order valence-electron chi connectivity index (χ2n) is 4.90. The van der Waals surface area contributed by atoms with Gasteiger partial charge in [-0.05, 0) is 31.0 Å². The Bertz CT molecular complexity index is 593. The number of amides is 3. The summed E-state index contributed by atoms with van der Waals surface area (Å²) in [6.07, 6.45) is 0.640. The molecule has 23 heavy (non-hydrogen) atoms. The Morgan fingerprint density at radius 1 is 1.26 bits per heavy atom. The largest absolute Gasteiger partial charge is 0.455 e. The molecule has 0 aliphatic carbocycles. The molecule has 0 saturated heterocycles. The standard InChI is InChI=1S/C15H18Cl2N2O4/c1-3-9(2)18-15(22)19-13(20)8-23-14(21)6-10-4-5-11(16)7-12(10)17/h4-5,7,9H,3,6,8H2,1-2H3,(H2,18,19,20,22)/t9-/m0/s1. The fourth-order valence-corrected chi connectivity index (χ4v) is 2.02. The van der Waals surface area contributed by atoms with Gasteiger partial charge in [0.15, 0.2) is 6.61 Å². The lowest BCUT2D eigenvalue weighted by Crippen LogP contribution is -2.44. The minimum absolute atomic E-state index is 0.0580. The van der Waals surface area contributed by atoms with Gasteiger partial charge in [-0.25, -0.2) is 4.79 Å². The summed E-state index contributed by atoms with van der Waals surface area (Å²) in [6, 6.07) is 4.03. The maximum Gasteiger partial charge on any atom is 0.321 e. The number of carbonyl (C=O) groups is 3. The molecule has 0 fully saturated rings. The maximum absolute atomic E-state index is 11.7. The van der Waals surface area contributed by atoms with Crippen LogP contribution in [0.4, 0.5) is 4.79 Å². The fourth-order valence-electron chi connectivity index (χ4n) is 1.54. The monoisotopic (exact) mass is 360 g/mol. The number of halogens is 2. The van der Waals surface area contributed by atoms with E-state index in [1.807, 2.05) is 6.92 Å². The van der Waals surface area contributed by atoms with Gasteiger partial charge in [0.1, 0.15) is 0 Å². The zero-order valence-corrected chi connectivity index (χ0v) is 14.3. The molecule has 0 aliphatic rings. The van der Waals surface area contributed by atoms with Crippen LogP contribution in [0.1, 0.15) is 25.8 Å². The van der Waals surface area contributed by atoms with Gasteiger partial charge in [0, 0.05) is 16.1 Å². The van der Waals surface area contributed by atoms with Gasteiger partial charge in [0.25, 0.3) is 5.91 Å². The Balaban J connectivity index is 2.38. The number of carbonyl (C=O) groups excluding carboxylic acids is 3. The third-order valence-electron chi connectivity index (χ3n) is 2.96. The second kappa shape index (κ2) is 9.37. The number of hydrogen-bond donors (Lipinski definition) is 2. The van der Waals surface area contributed by atoms with E-state index in [2.05, 4.69) is 10.6 Å². The van der Waals surface area contributed by atoms with E-state index in [0.717, 1.165) is 6.42 Å². The molecule has 0 heterocycles. The molecule has 0 unspecified atom stereocenters. The summed E-state index contributed by atoms with van der Waals surface area (Å²) in [5.41, 5.74) is 0.538. The molecule has 2 N–H and O–H groups in total. The zero-order valence-electron chi connectivity index (χ0n) is 12.8. The van der Waals surface area contributed by atoms with Crippen molar-refractivity contribution in [3.8, 4) is 0 Å². The van der Waals surface area contributed by atoms with E-state index in [1.54, 1.807) is 19.1 Å².